The molecule has 0 spiro atoms. The van der Waals surface area contributed by atoms with Gasteiger partial charge in [-0.2, -0.15) is 0 Å². The summed E-state index contributed by atoms with van der Waals surface area (Å²) in [4.78, 5) is 4.57. The van der Waals surface area contributed by atoms with Crippen molar-refractivity contribution in [3.8, 4) is 17.0 Å². The third kappa shape index (κ3) is 2.26. The molecule has 2 heterocycles. The Balaban J connectivity index is 1.91. The first kappa shape index (κ1) is 11.7. The van der Waals surface area contributed by atoms with Crippen LogP contribution in [0.2, 0.25) is 0 Å². The lowest BCUT2D eigenvalue weighted by Crippen LogP contribution is -2.08. The van der Waals surface area contributed by atoms with E-state index >= 15 is 0 Å². The number of benzene rings is 1. The van der Waals surface area contributed by atoms with Crippen LogP contribution in [0.1, 0.15) is 17.0 Å². The van der Waals surface area contributed by atoms with Gasteiger partial charge in [-0.3, -0.25) is 0 Å². The third-order valence-corrected chi connectivity index (χ3v) is 3.85. The average Bonchev–Trinajstić information content (AvgIpc) is 2.87. The molecule has 1 aromatic heterocycles. The number of rotatable bonds is 3. The molecule has 0 fully saturated rings. The van der Waals surface area contributed by atoms with E-state index in [9.17, 15) is 0 Å². The summed E-state index contributed by atoms with van der Waals surface area (Å²) < 4.78 is 10.7. The molecule has 0 bridgehead atoms. The number of fused-ring (bicyclic) bond motifs is 1. The van der Waals surface area contributed by atoms with E-state index in [0.717, 1.165) is 41.5 Å². The number of hydrogen-bond acceptors (Lipinski definition) is 4. The van der Waals surface area contributed by atoms with E-state index in [-0.39, 0.29) is 0 Å². The number of hydrogen-bond donors (Lipinski definition) is 0. The van der Waals surface area contributed by atoms with Crippen LogP contribution in [0, 0.1) is 0 Å². The van der Waals surface area contributed by atoms with Crippen LogP contribution in [0.5, 0.6) is 5.75 Å². The Morgan fingerprint density at radius 1 is 1.44 bits per heavy atom. The van der Waals surface area contributed by atoms with Gasteiger partial charge in [0, 0.05) is 18.1 Å². The van der Waals surface area contributed by atoms with Gasteiger partial charge in [0.15, 0.2) is 0 Å². The molecule has 18 heavy (non-hydrogen) atoms. The fourth-order valence-corrected chi connectivity index (χ4v) is 2.93. The number of aryl methyl sites for hydroxylation is 1. The molecule has 3 rings (SSSR count). The van der Waals surface area contributed by atoms with Gasteiger partial charge in [-0.1, -0.05) is 0 Å². The lowest BCUT2D eigenvalue weighted by atomic mass is 10.0. The quantitative estimate of drug-likeness (QED) is 0.849. The minimum absolute atomic E-state index is 0.582. The van der Waals surface area contributed by atoms with E-state index in [1.165, 1.54) is 5.56 Å². The highest BCUT2D eigenvalue weighted by Crippen LogP contribution is 2.30. The second-order valence-electron chi connectivity index (χ2n) is 4.33. The third-order valence-electron chi connectivity index (χ3n) is 3.02. The Morgan fingerprint density at radius 2 is 2.39 bits per heavy atom. The molecule has 0 amide bonds. The van der Waals surface area contributed by atoms with Crippen molar-refractivity contribution >= 4 is 11.3 Å². The molecule has 0 N–H and O–H groups in total. The summed E-state index contributed by atoms with van der Waals surface area (Å²) in [6, 6.07) is 6.33. The van der Waals surface area contributed by atoms with Crippen molar-refractivity contribution in [2.45, 2.75) is 19.4 Å². The smallest absolute Gasteiger partial charge is 0.122 e. The normalized spacial score (nSPS) is 14.1. The highest BCUT2D eigenvalue weighted by atomic mass is 32.1. The van der Waals surface area contributed by atoms with Gasteiger partial charge < -0.3 is 9.47 Å². The van der Waals surface area contributed by atoms with Gasteiger partial charge in [0.1, 0.15) is 10.8 Å². The van der Waals surface area contributed by atoms with Gasteiger partial charge in [0.25, 0.3) is 0 Å². The molecule has 0 radical (unpaired) electrons. The summed E-state index contributed by atoms with van der Waals surface area (Å²) in [6.07, 6.45) is 2.20. The van der Waals surface area contributed by atoms with E-state index in [2.05, 4.69) is 28.6 Å². The zero-order chi connectivity index (χ0) is 12.4. The molecule has 3 nitrogen and oxygen atoms in total. The molecule has 1 aromatic carbocycles. The van der Waals surface area contributed by atoms with Crippen LogP contribution in [0.15, 0.2) is 23.6 Å². The molecule has 0 unspecified atom stereocenters. The van der Waals surface area contributed by atoms with Crippen LogP contribution in [-0.2, 0) is 17.8 Å². The van der Waals surface area contributed by atoms with Crippen LogP contribution in [-0.4, -0.2) is 18.7 Å². The molecule has 0 saturated carbocycles. The van der Waals surface area contributed by atoms with E-state index in [1.807, 2.05) is 0 Å². The summed E-state index contributed by atoms with van der Waals surface area (Å²) in [5.74, 6) is 1.03. The van der Waals surface area contributed by atoms with Gasteiger partial charge in [0.2, 0.25) is 0 Å². The Morgan fingerprint density at radius 3 is 3.28 bits per heavy atom. The van der Waals surface area contributed by atoms with Gasteiger partial charge >= 0.3 is 0 Å². The summed E-state index contributed by atoms with van der Waals surface area (Å²) in [5, 5.41) is 3.10. The number of nitrogens with zero attached hydrogens (tertiary/aromatic N) is 1. The lowest BCUT2D eigenvalue weighted by Gasteiger charge is -2.17. The predicted octanol–water partition coefficient (Wildman–Crippen LogP) is 3.28. The standard InChI is InChI=1S/C14H15NO2S/c1-16-8-14-15-12(9-18-14)10-4-5-13-11(7-10)3-2-6-17-13/h4-5,7,9H,2-3,6,8H2,1H3. The Labute approximate surface area is 110 Å². The minimum atomic E-state index is 0.582. The first-order valence-electron chi connectivity index (χ1n) is 6.06. The maximum Gasteiger partial charge on any atom is 0.122 e. The first-order valence-corrected chi connectivity index (χ1v) is 6.94. The molecule has 1 aliphatic rings. The van der Waals surface area contributed by atoms with Crippen molar-refractivity contribution < 1.29 is 9.47 Å². The fourth-order valence-electron chi connectivity index (χ4n) is 2.15. The Hall–Kier alpha value is -1.39. The second kappa shape index (κ2) is 5.08. The van der Waals surface area contributed by atoms with Crippen LogP contribution in [0.25, 0.3) is 11.3 Å². The zero-order valence-electron chi connectivity index (χ0n) is 10.3. The van der Waals surface area contributed by atoms with Crippen LogP contribution >= 0.6 is 11.3 Å². The molecular formula is C14H15NO2S. The first-order chi connectivity index (χ1) is 8.86. The predicted molar refractivity (Wildman–Crippen MR) is 72.1 cm³/mol. The molecule has 0 aliphatic carbocycles. The molecule has 1 aliphatic heterocycles. The minimum Gasteiger partial charge on any atom is -0.493 e. The number of methoxy groups -OCH3 is 1. The Bertz CT molecular complexity index is 550. The number of ether oxygens (including phenoxy) is 2. The maximum atomic E-state index is 5.62. The zero-order valence-corrected chi connectivity index (χ0v) is 11.1. The van der Waals surface area contributed by atoms with Crippen molar-refractivity contribution in [1.82, 2.24) is 4.98 Å². The van der Waals surface area contributed by atoms with Gasteiger partial charge in [-0.25, -0.2) is 4.98 Å². The van der Waals surface area contributed by atoms with E-state index in [1.54, 1.807) is 18.4 Å². The second-order valence-corrected chi connectivity index (χ2v) is 5.28. The maximum absolute atomic E-state index is 5.62. The van der Waals surface area contributed by atoms with E-state index < -0.39 is 0 Å². The lowest BCUT2D eigenvalue weighted by molar-refractivity contribution is 0.184. The molecular weight excluding hydrogens is 246 g/mol. The monoisotopic (exact) mass is 261 g/mol. The van der Waals surface area contributed by atoms with Crippen molar-refractivity contribution in [2.24, 2.45) is 0 Å². The van der Waals surface area contributed by atoms with Gasteiger partial charge in [-0.05, 0) is 36.6 Å². The Kier molecular flexibility index (Phi) is 3.30. The molecule has 2 aromatic rings. The topological polar surface area (TPSA) is 31.4 Å². The van der Waals surface area contributed by atoms with Crippen LogP contribution in [0.4, 0.5) is 0 Å². The largest absolute Gasteiger partial charge is 0.493 e. The summed E-state index contributed by atoms with van der Waals surface area (Å²) in [5.41, 5.74) is 3.48. The molecule has 4 heteroatoms. The number of thiazole rings is 1. The van der Waals surface area contributed by atoms with Gasteiger partial charge in [0.05, 0.1) is 18.9 Å². The highest BCUT2D eigenvalue weighted by molar-refractivity contribution is 7.09. The van der Waals surface area contributed by atoms with Crippen molar-refractivity contribution in [1.29, 1.82) is 0 Å². The van der Waals surface area contributed by atoms with Crippen LogP contribution < -0.4 is 4.74 Å². The fraction of sp³-hybridized carbons (Fsp3) is 0.357. The van der Waals surface area contributed by atoms with Crippen molar-refractivity contribution in [2.75, 3.05) is 13.7 Å². The van der Waals surface area contributed by atoms with E-state index in [0.29, 0.717) is 6.61 Å². The van der Waals surface area contributed by atoms with Gasteiger partial charge in [-0.15, -0.1) is 11.3 Å². The summed E-state index contributed by atoms with van der Waals surface area (Å²) >= 11 is 1.64. The molecule has 94 valence electrons. The number of aromatic nitrogens is 1. The SMILES string of the molecule is COCc1nc(-c2ccc3c(c2)CCCO3)cs1. The van der Waals surface area contributed by atoms with Crippen molar-refractivity contribution in [3.63, 3.8) is 0 Å². The van der Waals surface area contributed by atoms with Crippen molar-refractivity contribution in [3.05, 3.63) is 34.2 Å². The summed E-state index contributed by atoms with van der Waals surface area (Å²) in [7, 11) is 1.69. The van der Waals surface area contributed by atoms with E-state index in [4.69, 9.17) is 9.47 Å². The highest BCUT2D eigenvalue weighted by Gasteiger charge is 2.12. The molecule has 0 atom stereocenters. The molecule has 0 saturated heterocycles. The average molecular weight is 261 g/mol. The summed E-state index contributed by atoms with van der Waals surface area (Å²) in [6.45, 7) is 1.42. The van der Waals surface area contributed by atoms with Crippen LogP contribution in [0.3, 0.4) is 0 Å².